The van der Waals surface area contributed by atoms with Gasteiger partial charge in [-0.3, -0.25) is 0 Å². The van der Waals surface area contributed by atoms with Gasteiger partial charge in [0.1, 0.15) is 5.82 Å². The van der Waals surface area contributed by atoms with E-state index in [1.807, 2.05) is 25.1 Å². The van der Waals surface area contributed by atoms with E-state index >= 15 is 0 Å². The number of hydrogen-bond donors (Lipinski definition) is 2. The van der Waals surface area contributed by atoms with E-state index in [1.165, 1.54) is 0 Å². The lowest BCUT2D eigenvalue weighted by atomic mass is 10.1. The zero-order valence-corrected chi connectivity index (χ0v) is 11.9. The van der Waals surface area contributed by atoms with Crippen LogP contribution >= 0.6 is 0 Å². The molecule has 106 valence electrons. The summed E-state index contributed by atoms with van der Waals surface area (Å²) in [6.07, 6.45) is 1.76. The number of phenols is 1. The summed E-state index contributed by atoms with van der Waals surface area (Å²) >= 11 is 0. The van der Waals surface area contributed by atoms with Crippen molar-refractivity contribution in [3.05, 3.63) is 47.5 Å². The highest BCUT2D eigenvalue weighted by Crippen LogP contribution is 2.28. The predicted molar refractivity (Wildman–Crippen MR) is 76.7 cm³/mol. The van der Waals surface area contributed by atoms with Crippen LogP contribution in [0.4, 0.5) is 0 Å². The van der Waals surface area contributed by atoms with E-state index in [-0.39, 0.29) is 11.8 Å². The van der Waals surface area contributed by atoms with Gasteiger partial charge in [-0.15, -0.1) is 0 Å². The van der Waals surface area contributed by atoms with Crippen LogP contribution in [0, 0.1) is 6.92 Å². The van der Waals surface area contributed by atoms with Crippen LogP contribution in [0.15, 0.2) is 30.5 Å². The number of hydrogen-bond acceptors (Lipinski definition) is 5. The smallest absolute Gasteiger partial charge is 0.160 e. The highest BCUT2D eigenvalue weighted by Gasteiger charge is 2.09. The lowest BCUT2D eigenvalue weighted by Crippen LogP contribution is -2.19. The second-order valence-corrected chi connectivity index (χ2v) is 4.63. The number of aryl methyl sites for hydroxylation is 1. The molecule has 1 aromatic carbocycles. The molecule has 0 bridgehead atoms. The molecule has 1 aromatic heterocycles. The zero-order chi connectivity index (χ0) is 14.5. The van der Waals surface area contributed by atoms with Gasteiger partial charge in [-0.25, -0.2) is 9.97 Å². The molecule has 1 atom stereocenters. The van der Waals surface area contributed by atoms with Crippen molar-refractivity contribution < 1.29 is 9.84 Å². The number of aromatic nitrogens is 2. The molecule has 0 spiro atoms. The second-order valence-electron chi connectivity index (χ2n) is 4.63. The Morgan fingerprint density at radius 3 is 2.85 bits per heavy atom. The first-order valence-electron chi connectivity index (χ1n) is 6.49. The van der Waals surface area contributed by atoms with E-state index in [2.05, 4.69) is 22.2 Å². The van der Waals surface area contributed by atoms with E-state index in [9.17, 15) is 5.11 Å². The van der Waals surface area contributed by atoms with Gasteiger partial charge in [-0.1, -0.05) is 6.07 Å². The minimum atomic E-state index is 0.125. The Hall–Kier alpha value is -2.14. The molecule has 0 saturated heterocycles. The van der Waals surface area contributed by atoms with E-state index in [1.54, 1.807) is 19.4 Å². The Labute approximate surface area is 118 Å². The van der Waals surface area contributed by atoms with Gasteiger partial charge in [0.15, 0.2) is 11.5 Å². The molecule has 0 saturated carbocycles. The van der Waals surface area contributed by atoms with Gasteiger partial charge in [-0.2, -0.15) is 0 Å². The van der Waals surface area contributed by atoms with Crippen molar-refractivity contribution in [2.45, 2.75) is 26.4 Å². The van der Waals surface area contributed by atoms with E-state index < -0.39 is 0 Å². The van der Waals surface area contributed by atoms with Crippen LogP contribution in [0.3, 0.4) is 0 Å². The highest BCUT2D eigenvalue weighted by molar-refractivity contribution is 5.42. The standard InChI is InChI=1S/C15H19N3O2/c1-10(12-4-5-14(19)15(8-12)20-3)17-9-13-6-7-16-11(2)18-13/h4-8,10,17,19H,9H2,1-3H3. The summed E-state index contributed by atoms with van der Waals surface area (Å²) in [7, 11) is 1.54. The molecule has 2 rings (SSSR count). The Morgan fingerprint density at radius 2 is 2.15 bits per heavy atom. The van der Waals surface area contributed by atoms with E-state index in [0.717, 1.165) is 17.1 Å². The first-order valence-corrected chi connectivity index (χ1v) is 6.49. The molecule has 0 aliphatic carbocycles. The molecule has 0 radical (unpaired) electrons. The Balaban J connectivity index is 2.03. The highest BCUT2D eigenvalue weighted by atomic mass is 16.5. The molecule has 1 heterocycles. The zero-order valence-electron chi connectivity index (χ0n) is 11.9. The van der Waals surface area contributed by atoms with Crippen molar-refractivity contribution in [3.8, 4) is 11.5 Å². The van der Waals surface area contributed by atoms with Crippen molar-refractivity contribution in [1.29, 1.82) is 0 Å². The van der Waals surface area contributed by atoms with Crippen LogP contribution < -0.4 is 10.1 Å². The van der Waals surface area contributed by atoms with Crippen LogP contribution in [0.2, 0.25) is 0 Å². The summed E-state index contributed by atoms with van der Waals surface area (Å²) in [6, 6.07) is 7.37. The van der Waals surface area contributed by atoms with Gasteiger partial charge in [0.05, 0.1) is 12.8 Å². The van der Waals surface area contributed by atoms with Gasteiger partial charge in [-0.05, 0) is 37.6 Å². The lowest BCUT2D eigenvalue weighted by molar-refractivity contribution is 0.372. The third kappa shape index (κ3) is 3.45. The third-order valence-corrected chi connectivity index (χ3v) is 3.13. The average molecular weight is 273 g/mol. The number of phenolic OH excluding ortho intramolecular Hbond substituents is 1. The van der Waals surface area contributed by atoms with Crippen molar-refractivity contribution in [3.63, 3.8) is 0 Å². The maximum Gasteiger partial charge on any atom is 0.160 e. The van der Waals surface area contributed by atoms with Gasteiger partial charge >= 0.3 is 0 Å². The fraction of sp³-hybridized carbons (Fsp3) is 0.333. The van der Waals surface area contributed by atoms with Crippen molar-refractivity contribution in [1.82, 2.24) is 15.3 Å². The number of methoxy groups -OCH3 is 1. The first-order chi connectivity index (χ1) is 9.60. The summed E-state index contributed by atoms with van der Waals surface area (Å²) in [5, 5.41) is 13.0. The van der Waals surface area contributed by atoms with Crippen LogP contribution in [0.5, 0.6) is 11.5 Å². The summed E-state index contributed by atoms with van der Waals surface area (Å²) in [5.74, 6) is 1.40. The monoisotopic (exact) mass is 273 g/mol. The summed E-state index contributed by atoms with van der Waals surface area (Å²) in [5.41, 5.74) is 2.00. The molecule has 0 aliphatic rings. The Bertz CT molecular complexity index is 587. The molecular formula is C15H19N3O2. The van der Waals surface area contributed by atoms with Crippen molar-refractivity contribution in [2.24, 2.45) is 0 Å². The molecule has 1 unspecified atom stereocenters. The van der Waals surface area contributed by atoms with Crippen LogP contribution in [-0.2, 0) is 6.54 Å². The normalized spacial score (nSPS) is 12.2. The first kappa shape index (κ1) is 14.3. The number of nitrogens with zero attached hydrogens (tertiary/aromatic N) is 2. The molecular weight excluding hydrogens is 254 g/mol. The second kappa shape index (κ2) is 6.34. The van der Waals surface area contributed by atoms with Gasteiger partial charge in [0, 0.05) is 18.8 Å². The molecule has 0 fully saturated rings. The number of rotatable bonds is 5. The molecule has 20 heavy (non-hydrogen) atoms. The number of ether oxygens (including phenoxy) is 1. The molecule has 2 N–H and O–H groups in total. The largest absolute Gasteiger partial charge is 0.504 e. The minimum absolute atomic E-state index is 0.125. The Morgan fingerprint density at radius 1 is 1.35 bits per heavy atom. The minimum Gasteiger partial charge on any atom is -0.504 e. The van der Waals surface area contributed by atoms with Gasteiger partial charge in [0.2, 0.25) is 0 Å². The summed E-state index contributed by atoms with van der Waals surface area (Å²) in [6.45, 7) is 4.59. The van der Waals surface area contributed by atoms with E-state index in [0.29, 0.717) is 12.3 Å². The molecule has 0 aliphatic heterocycles. The number of benzene rings is 1. The maximum absolute atomic E-state index is 9.59. The fourth-order valence-electron chi connectivity index (χ4n) is 1.94. The van der Waals surface area contributed by atoms with Gasteiger partial charge < -0.3 is 15.2 Å². The molecule has 5 heteroatoms. The maximum atomic E-state index is 9.59. The van der Waals surface area contributed by atoms with Crippen molar-refractivity contribution >= 4 is 0 Å². The van der Waals surface area contributed by atoms with E-state index in [4.69, 9.17) is 4.74 Å². The molecule has 0 amide bonds. The van der Waals surface area contributed by atoms with Crippen LogP contribution in [-0.4, -0.2) is 22.2 Å². The molecule has 5 nitrogen and oxygen atoms in total. The molecule has 2 aromatic rings. The number of aromatic hydroxyl groups is 1. The lowest BCUT2D eigenvalue weighted by Gasteiger charge is -2.15. The SMILES string of the molecule is COc1cc(C(C)NCc2ccnc(C)n2)ccc1O. The quantitative estimate of drug-likeness (QED) is 0.875. The summed E-state index contributed by atoms with van der Waals surface area (Å²) < 4.78 is 5.12. The van der Waals surface area contributed by atoms with Crippen LogP contribution in [0.25, 0.3) is 0 Å². The topological polar surface area (TPSA) is 67.3 Å². The van der Waals surface area contributed by atoms with Gasteiger partial charge in [0.25, 0.3) is 0 Å². The van der Waals surface area contributed by atoms with Crippen LogP contribution in [0.1, 0.15) is 30.0 Å². The number of nitrogens with one attached hydrogen (secondary N) is 1. The summed E-state index contributed by atoms with van der Waals surface area (Å²) in [4.78, 5) is 8.42. The Kier molecular flexibility index (Phi) is 4.53. The third-order valence-electron chi connectivity index (χ3n) is 3.13. The fourth-order valence-corrected chi connectivity index (χ4v) is 1.94. The predicted octanol–water partition coefficient (Wildman–Crippen LogP) is 2.35. The average Bonchev–Trinajstić information content (AvgIpc) is 2.45. The van der Waals surface area contributed by atoms with Crippen molar-refractivity contribution in [2.75, 3.05) is 7.11 Å².